The first-order chi connectivity index (χ1) is 11.6. The van der Waals surface area contributed by atoms with Gasteiger partial charge in [-0.15, -0.1) is 11.8 Å². The van der Waals surface area contributed by atoms with Gasteiger partial charge in [-0.25, -0.2) is 4.79 Å². The van der Waals surface area contributed by atoms with E-state index < -0.39 is 5.97 Å². The van der Waals surface area contributed by atoms with Crippen LogP contribution < -0.4 is 5.43 Å². The van der Waals surface area contributed by atoms with Crippen LogP contribution in [0.2, 0.25) is 0 Å². The summed E-state index contributed by atoms with van der Waals surface area (Å²) in [6.07, 6.45) is 0. The van der Waals surface area contributed by atoms with Crippen LogP contribution in [0, 0.1) is 0 Å². The van der Waals surface area contributed by atoms with Crippen LogP contribution in [0.1, 0.15) is 5.56 Å². The molecule has 0 aromatic heterocycles. The third-order valence-electron chi connectivity index (χ3n) is 3.10. The van der Waals surface area contributed by atoms with Gasteiger partial charge in [-0.2, -0.15) is 5.10 Å². The molecule has 0 fully saturated rings. The molecule has 0 radical (unpaired) electrons. The van der Waals surface area contributed by atoms with Crippen LogP contribution in [-0.4, -0.2) is 24.0 Å². The summed E-state index contributed by atoms with van der Waals surface area (Å²) in [5.41, 5.74) is 5.70. The molecular weight excluding hydrogens is 344 g/mol. The number of hydrazone groups is 1. The van der Waals surface area contributed by atoms with Crippen molar-refractivity contribution in [2.75, 3.05) is 18.3 Å². The van der Waals surface area contributed by atoms with E-state index in [2.05, 4.69) is 21.8 Å². The maximum Gasteiger partial charge on any atom is 0.370 e. The fraction of sp³-hybridized carbons (Fsp3) is 0.111. The molecule has 2 aromatic rings. The maximum atomic E-state index is 11.2. The fourth-order valence-electron chi connectivity index (χ4n) is 1.85. The molecule has 4 nitrogen and oxygen atoms in total. The SMILES string of the molecule is C=C(CSc1ccccc1N/N=C(/Cl)C(=O)OC)c1ccccc1. The number of halogens is 1. The summed E-state index contributed by atoms with van der Waals surface area (Å²) < 4.78 is 4.50. The van der Waals surface area contributed by atoms with Crippen LogP contribution >= 0.6 is 23.4 Å². The summed E-state index contributed by atoms with van der Waals surface area (Å²) >= 11 is 7.36. The maximum absolute atomic E-state index is 11.2. The summed E-state index contributed by atoms with van der Waals surface area (Å²) in [5.74, 6) is 0.0451. The molecule has 0 aliphatic carbocycles. The van der Waals surface area contributed by atoms with Crippen molar-refractivity contribution >= 4 is 45.8 Å². The topological polar surface area (TPSA) is 50.7 Å². The van der Waals surface area contributed by atoms with Gasteiger partial charge in [-0.3, -0.25) is 5.43 Å². The molecule has 0 saturated carbocycles. The number of esters is 1. The highest BCUT2D eigenvalue weighted by Gasteiger charge is 2.09. The monoisotopic (exact) mass is 360 g/mol. The lowest BCUT2D eigenvalue weighted by Crippen LogP contribution is -2.11. The minimum atomic E-state index is -0.688. The van der Waals surface area contributed by atoms with Crippen molar-refractivity contribution in [1.29, 1.82) is 0 Å². The Hall–Kier alpha value is -2.24. The van der Waals surface area contributed by atoms with Crippen molar-refractivity contribution in [3.63, 3.8) is 0 Å². The van der Waals surface area contributed by atoms with E-state index in [9.17, 15) is 4.79 Å². The summed E-state index contributed by atoms with van der Waals surface area (Å²) in [5, 5.41) is 3.57. The van der Waals surface area contributed by atoms with Gasteiger partial charge in [0, 0.05) is 10.6 Å². The quantitative estimate of drug-likeness (QED) is 0.338. The van der Waals surface area contributed by atoms with Crippen LogP contribution in [0.4, 0.5) is 5.69 Å². The largest absolute Gasteiger partial charge is 0.464 e. The van der Waals surface area contributed by atoms with Crippen molar-refractivity contribution in [2.45, 2.75) is 4.90 Å². The predicted molar refractivity (Wildman–Crippen MR) is 102 cm³/mol. The molecule has 1 N–H and O–H groups in total. The van der Waals surface area contributed by atoms with E-state index in [1.807, 2.05) is 54.6 Å². The molecule has 2 rings (SSSR count). The van der Waals surface area contributed by atoms with E-state index in [4.69, 9.17) is 11.6 Å². The van der Waals surface area contributed by atoms with Crippen LogP contribution in [0.3, 0.4) is 0 Å². The minimum Gasteiger partial charge on any atom is -0.464 e. The van der Waals surface area contributed by atoms with Crippen molar-refractivity contribution < 1.29 is 9.53 Å². The van der Waals surface area contributed by atoms with Crippen LogP contribution in [0.15, 0.2) is 71.2 Å². The van der Waals surface area contributed by atoms with Gasteiger partial charge in [0.2, 0.25) is 5.17 Å². The van der Waals surface area contributed by atoms with E-state index >= 15 is 0 Å². The molecule has 0 bridgehead atoms. The third kappa shape index (κ3) is 5.15. The molecule has 0 saturated heterocycles. The average Bonchev–Trinajstić information content (AvgIpc) is 2.64. The van der Waals surface area contributed by atoms with E-state index in [0.717, 1.165) is 27.5 Å². The first kappa shape index (κ1) is 18.1. The molecule has 6 heteroatoms. The fourth-order valence-corrected chi connectivity index (χ4v) is 2.91. The highest BCUT2D eigenvalue weighted by atomic mass is 35.5. The van der Waals surface area contributed by atoms with Crippen LogP contribution in [0.5, 0.6) is 0 Å². The molecule has 0 aliphatic rings. The summed E-state index contributed by atoms with van der Waals surface area (Å²) in [6, 6.07) is 17.7. The zero-order valence-electron chi connectivity index (χ0n) is 13.2. The molecule has 0 atom stereocenters. The second-order valence-corrected chi connectivity index (χ2v) is 6.14. The van der Waals surface area contributed by atoms with Gasteiger partial charge in [0.05, 0.1) is 12.8 Å². The third-order valence-corrected chi connectivity index (χ3v) is 4.50. The Kier molecular flexibility index (Phi) is 6.90. The number of hydrogen-bond acceptors (Lipinski definition) is 5. The Bertz CT molecular complexity index is 748. The van der Waals surface area contributed by atoms with Gasteiger partial charge in [0.25, 0.3) is 0 Å². The molecule has 0 spiro atoms. The number of nitrogens with one attached hydrogen (secondary N) is 1. The standard InChI is InChI=1S/C18H17ClN2O2S/c1-13(14-8-4-3-5-9-14)12-24-16-11-7-6-10-15(16)20-21-17(19)18(22)23-2/h3-11,20H,1,12H2,2H3/b21-17+. The number of para-hydroxylation sites is 1. The first-order valence-corrected chi connectivity index (χ1v) is 8.50. The summed E-state index contributed by atoms with van der Waals surface area (Å²) in [7, 11) is 1.25. The summed E-state index contributed by atoms with van der Waals surface area (Å²) in [6.45, 7) is 4.13. The number of anilines is 1. The van der Waals surface area contributed by atoms with E-state index in [1.165, 1.54) is 7.11 Å². The number of carbonyl (C=O) groups excluding carboxylic acids is 1. The number of hydrogen-bond donors (Lipinski definition) is 1. The van der Waals surface area contributed by atoms with E-state index in [-0.39, 0.29) is 5.17 Å². The molecule has 24 heavy (non-hydrogen) atoms. The Labute approximate surface area is 150 Å². The smallest absolute Gasteiger partial charge is 0.370 e. The Morgan fingerprint density at radius 1 is 1.21 bits per heavy atom. The Balaban J connectivity index is 2.04. The highest BCUT2D eigenvalue weighted by molar-refractivity contribution is 7.99. The lowest BCUT2D eigenvalue weighted by atomic mass is 10.1. The van der Waals surface area contributed by atoms with Crippen LogP contribution in [0.25, 0.3) is 5.57 Å². The van der Waals surface area contributed by atoms with E-state index in [1.54, 1.807) is 11.8 Å². The second kappa shape index (κ2) is 9.15. The number of rotatable bonds is 7. The average molecular weight is 361 g/mol. The van der Waals surface area contributed by atoms with Gasteiger partial charge >= 0.3 is 5.97 Å². The van der Waals surface area contributed by atoms with Crippen LogP contribution in [-0.2, 0) is 9.53 Å². The number of carbonyl (C=O) groups is 1. The van der Waals surface area contributed by atoms with Gasteiger partial charge in [-0.05, 0) is 23.3 Å². The summed E-state index contributed by atoms with van der Waals surface area (Å²) in [4.78, 5) is 12.2. The molecule has 0 unspecified atom stereocenters. The molecule has 2 aromatic carbocycles. The molecule has 124 valence electrons. The van der Waals surface area contributed by atoms with Crippen molar-refractivity contribution in [3.05, 3.63) is 66.7 Å². The number of thioether (sulfide) groups is 1. The predicted octanol–water partition coefficient (Wildman–Crippen LogP) is 4.63. The van der Waals surface area contributed by atoms with Crippen molar-refractivity contribution in [1.82, 2.24) is 0 Å². The Morgan fingerprint density at radius 3 is 2.58 bits per heavy atom. The number of benzene rings is 2. The van der Waals surface area contributed by atoms with Crippen molar-refractivity contribution in [2.24, 2.45) is 5.10 Å². The number of ether oxygens (including phenoxy) is 1. The van der Waals surface area contributed by atoms with Crippen molar-refractivity contribution in [3.8, 4) is 0 Å². The highest BCUT2D eigenvalue weighted by Crippen LogP contribution is 2.30. The Morgan fingerprint density at radius 2 is 1.88 bits per heavy atom. The molecule has 0 aliphatic heterocycles. The lowest BCUT2D eigenvalue weighted by Gasteiger charge is -2.10. The number of methoxy groups -OCH3 is 1. The van der Waals surface area contributed by atoms with Gasteiger partial charge in [-0.1, -0.05) is 60.6 Å². The molecular formula is C18H17ClN2O2S. The van der Waals surface area contributed by atoms with Gasteiger partial charge in [0.1, 0.15) is 0 Å². The zero-order valence-corrected chi connectivity index (χ0v) is 14.7. The minimum absolute atomic E-state index is 0.258. The van der Waals surface area contributed by atoms with Gasteiger partial charge in [0.15, 0.2) is 0 Å². The molecule has 0 heterocycles. The normalized spacial score (nSPS) is 11.0. The van der Waals surface area contributed by atoms with Gasteiger partial charge < -0.3 is 4.74 Å². The first-order valence-electron chi connectivity index (χ1n) is 7.14. The zero-order chi connectivity index (χ0) is 17.4. The number of nitrogens with zero attached hydrogens (tertiary/aromatic N) is 1. The lowest BCUT2D eigenvalue weighted by molar-refractivity contribution is -0.132. The molecule has 0 amide bonds. The second-order valence-electron chi connectivity index (χ2n) is 4.76. The van der Waals surface area contributed by atoms with E-state index in [0.29, 0.717) is 0 Å².